The lowest BCUT2D eigenvalue weighted by Crippen LogP contribution is -2.27. The fourth-order valence-electron chi connectivity index (χ4n) is 1.40. The molecule has 3 heteroatoms. The van der Waals surface area contributed by atoms with Crippen molar-refractivity contribution < 1.29 is 0 Å². The Balaban J connectivity index is 2.36. The molecule has 0 fully saturated rings. The molecule has 1 rings (SSSR count). The highest BCUT2D eigenvalue weighted by Crippen LogP contribution is 2.25. The fourth-order valence-corrected chi connectivity index (χ4v) is 3.28. The number of thiophene rings is 1. The summed E-state index contributed by atoms with van der Waals surface area (Å²) >= 11 is 3.86. The summed E-state index contributed by atoms with van der Waals surface area (Å²) < 4.78 is 0.321. The van der Waals surface area contributed by atoms with Crippen molar-refractivity contribution in [3.8, 4) is 0 Å². The zero-order valence-electron chi connectivity index (χ0n) is 10.7. The SMILES string of the molecule is CCc1ccc(CC(N)CSC(C)(C)C)s1. The molecule has 0 aromatic carbocycles. The second-order valence-electron chi connectivity index (χ2n) is 5.11. The first-order chi connectivity index (χ1) is 7.40. The van der Waals surface area contributed by atoms with Gasteiger partial charge in [-0.05, 0) is 25.0 Å². The van der Waals surface area contributed by atoms with Crippen LogP contribution >= 0.6 is 23.1 Å². The summed E-state index contributed by atoms with van der Waals surface area (Å²) in [6.45, 7) is 8.92. The van der Waals surface area contributed by atoms with Crippen molar-refractivity contribution in [1.29, 1.82) is 0 Å². The summed E-state index contributed by atoms with van der Waals surface area (Å²) in [7, 11) is 0. The molecule has 0 amide bonds. The smallest absolute Gasteiger partial charge is 0.0179 e. The van der Waals surface area contributed by atoms with Gasteiger partial charge in [0.1, 0.15) is 0 Å². The molecule has 1 aromatic heterocycles. The van der Waals surface area contributed by atoms with Crippen LogP contribution in [0.1, 0.15) is 37.4 Å². The monoisotopic (exact) mass is 257 g/mol. The van der Waals surface area contributed by atoms with Gasteiger partial charge in [0.25, 0.3) is 0 Å². The van der Waals surface area contributed by atoms with Gasteiger partial charge in [-0.25, -0.2) is 0 Å². The number of rotatable bonds is 5. The van der Waals surface area contributed by atoms with Crippen LogP contribution in [0.25, 0.3) is 0 Å². The van der Waals surface area contributed by atoms with Crippen molar-refractivity contribution in [2.45, 2.75) is 51.3 Å². The minimum absolute atomic E-state index is 0.285. The van der Waals surface area contributed by atoms with Crippen molar-refractivity contribution in [2.75, 3.05) is 5.75 Å². The highest BCUT2D eigenvalue weighted by atomic mass is 32.2. The van der Waals surface area contributed by atoms with Gasteiger partial charge >= 0.3 is 0 Å². The van der Waals surface area contributed by atoms with Crippen molar-refractivity contribution in [2.24, 2.45) is 5.73 Å². The topological polar surface area (TPSA) is 26.0 Å². The van der Waals surface area contributed by atoms with Gasteiger partial charge in [0.15, 0.2) is 0 Å². The summed E-state index contributed by atoms with van der Waals surface area (Å²) in [6, 6.07) is 4.74. The highest BCUT2D eigenvalue weighted by Gasteiger charge is 2.14. The van der Waals surface area contributed by atoms with Gasteiger partial charge in [-0.2, -0.15) is 11.8 Å². The highest BCUT2D eigenvalue weighted by molar-refractivity contribution is 8.00. The van der Waals surface area contributed by atoms with Crippen LogP contribution in [0.15, 0.2) is 12.1 Å². The summed E-state index contributed by atoms with van der Waals surface area (Å²) in [5.41, 5.74) is 6.15. The molecule has 1 nitrogen and oxygen atoms in total. The molecule has 92 valence electrons. The van der Waals surface area contributed by atoms with Gasteiger partial charge < -0.3 is 5.73 Å². The quantitative estimate of drug-likeness (QED) is 0.870. The molecule has 2 N–H and O–H groups in total. The average Bonchev–Trinajstić information content (AvgIpc) is 2.61. The summed E-state index contributed by atoms with van der Waals surface area (Å²) in [5, 5.41) is 0. The second-order valence-corrected chi connectivity index (χ2v) is 8.21. The summed E-state index contributed by atoms with van der Waals surface area (Å²) in [4.78, 5) is 2.89. The van der Waals surface area contributed by atoms with Gasteiger partial charge in [0.2, 0.25) is 0 Å². The Morgan fingerprint density at radius 3 is 2.44 bits per heavy atom. The standard InChI is InChI=1S/C13H23NS2/c1-5-11-6-7-12(16-11)8-10(14)9-15-13(2,3)4/h6-7,10H,5,8-9,14H2,1-4H3. The van der Waals surface area contributed by atoms with E-state index >= 15 is 0 Å². The van der Waals surface area contributed by atoms with E-state index in [0.29, 0.717) is 4.75 Å². The van der Waals surface area contributed by atoms with E-state index in [4.69, 9.17) is 5.73 Å². The molecule has 0 spiro atoms. The van der Waals surface area contributed by atoms with Crippen molar-refractivity contribution >= 4 is 23.1 Å². The summed E-state index contributed by atoms with van der Waals surface area (Å²) in [5.74, 6) is 1.04. The number of hydrogen-bond donors (Lipinski definition) is 1. The molecule has 0 radical (unpaired) electrons. The lowest BCUT2D eigenvalue weighted by molar-refractivity contribution is 0.740. The van der Waals surface area contributed by atoms with Crippen LogP contribution in [0.3, 0.4) is 0 Å². The molecule has 0 aliphatic rings. The minimum Gasteiger partial charge on any atom is -0.327 e. The molecule has 1 unspecified atom stereocenters. The van der Waals surface area contributed by atoms with Crippen LogP contribution in [0, 0.1) is 0 Å². The van der Waals surface area contributed by atoms with Crippen molar-refractivity contribution in [1.82, 2.24) is 0 Å². The third kappa shape index (κ3) is 5.37. The van der Waals surface area contributed by atoms with Crippen molar-refractivity contribution in [3.05, 3.63) is 21.9 Å². The average molecular weight is 257 g/mol. The Morgan fingerprint density at radius 2 is 1.94 bits per heavy atom. The molecule has 0 saturated carbocycles. The molecule has 1 aromatic rings. The Kier molecular flexibility index (Phi) is 5.35. The summed E-state index contributed by atoms with van der Waals surface area (Å²) in [6.07, 6.45) is 2.16. The first-order valence-electron chi connectivity index (χ1n) is 5.88. The lowest BCUT2D eigenvalue weighted by atomic mass is 10.2. The maximum atomic E-state index is 6.15. The van der Waals surface area contributed by atoms with Crippen LogP contribution in [0.4, 0.5) is 0 Å². The van der Waals surface area contributed by atoms with E-state index < -0.39 is 0 Å². The Bertz CT molecular complexity index is 312. The normalized spacial score (nSPS) is 14.1. The number of nitrogens with two attached hydrogens (primary N) is 1. The van der Waals surface area contributed by atoms with E-state index in [1.165, 1.54) is 9.75 Å². The van der Waals surface area contributed by atoms with Crippen molar-refractivity contribution in [3.63, 3.8) is 0 Å². The Labute approximate surface area is 108 Å². The van der Waals surface area contributed by atoms with Gasteiger partial charge in [0, 0.05) is 26.3 Å². The molecular weight excluding hydrogens is 234 g/mol. The van der Waals surface area contributed by atoms with E-state index in [9.17, 15) is 0 Å². The molecule has 0 saturated heterocycles. The van der Waals surface area contributed by atoms with Gasteiger partial charge in [-0.3, -0.25) is 0 Å². The van der Waals surface area contributed by atoms with E-state index in [-0.39, 0.29) is 6.04 Å². The third-order valence-electron chi connectivity index (χ3n) is 2.26. The van der Waals surface area contributed by atoms with E-state index in [0.717, 1.165) is 18.6 Å². The molecule has 0 aliphatic carbocycles. The number of aryl methyl sites for hydroxylation is 1. The zero-order valence-corrected chi connectivity index (χ0v) is 12.4. The molecular formula is C13H23NS2. The lowest BCUT2D eigenvalue weighted by Gasteiger charge is -2.20. The van der Waals surface area contributed by atoms with E-state index in [2.05, 4.69) is 39.8 Å². The maximum Gasteiger partial charge on any atom is 0.0179 e. The van der Waals surface area contributed by atoms with Gasteiger partial charge in [-0.1, -0.05) is 27.7 Å². The predicted molar refractivity (Wildman–Crippen MR) is 77.6 cm³/mol. The molecule has 0 aliphatic heterocycles. The van der Waals surface area contributed by atoms with Crippen LogP contribution < -0.4 is 5.73 Å². The maximum absolute atomic E-state index is 6.15. The van der Waals surface area contributed by atoms with Gasteiger partial charge in [0.05, 0.1) is 0 Å². The molecule has 16 heavy (non-hydrogen) atoms. The second kappa shape index (κ2) is 6.08. The molecule has 0 bridgehead atoms. The van der Waals surface area contributed by atoms with Crippen LogP contribution in [0.2, 0.25) is 0 Å². The number of thioether (sulfide) groups is 1. The van der Waals surface area contributed by atoms with E-state index in [1.807, 2.05) is 23.1 Å². The van der Waals surface area contributed by atoms with E-state index in [1.54, 1.807) is 0 Å². The van der Waals surface area contributed by atoms with Crippen LogP contribution in [-0.4, -0.2) is 16.5 Å². The third-order valence-corrected chi connectivity index (χ3v) is 4.97. The molecule has 1 atom stereocenters. The van der Waals surface area contributed by atoms with Crippen LogP contribution in [-0.2, 0) is 12.8 Å². The Hall–Kier alpha value is 0.01000. The minimum atomic E-state index is 0.285. The first-order valence-corrected chi connectivity index (χ1v) is 7.68. The Morgan fingerprint density at radius 1 is 1.31 bits per heavy atom. The molecule has 1 heterocycles. The zero-order chi connectivity index (χ0) is 12.2. The first kappa shape index (κ1) is 14.1. The van der Waals surface area contributed by atoms with Crippen LogP contribution in [0.5, 0.6) is 0 Å². The van der Waals surface area contributed by atoms with Gasteiger partial charge in [-0.15, -0.1) is 11.3 Å². The predicted octanol–water partition coefficient (Wildman–Crippen LogP) is 3.71. The fraction of sp³-hybridized carbons (Fsp3) is 0.692. The number of hydrogen-bond acceptors (Lipinski definition) is 3. The largest absolute Gasteiger partial charge is 0.327 e.